The number of hydrogen-bond acceptors (Lipinski definition) is 4. The van der Waals surface area contributed by atoms with Gasteiger partial charge in [0.05, 0.1) is 17.4 Å². The van der Waals surface area contributed by atoms with E-state index in [1.165, 1.54) is 30.5 Å². The number of amides is 1. The molecule has 0 unspecified atom stereocenters. The number of nitrogens with zero attached hydrogens (tertiary/aromatic N) is 2. The van der Waals surface area contributed by atoms with Gasteiger partial charge in [0.25, 0.3) is 5.91 Å². The molecular weight excluding hydrogens is 360 g/mol. The normalized spacial score (nSPS) is 13.8. The fourth-order valence-electron chi connectivity index (χ4n) is 3.55. The third-order valence-electron chi connectivity index (χ3n) is 5.19. The van der Waals surface area contributed by atoms with Crippen LogP contribution in [0.1, 0.15) is 35.2 Å². The minimum atomic E-state index is -0.171. The van der Waals surface area contributed by atoms with Gasteiger partial charge in [0.2, 0.25) is 0 Å². The van der Waals surface area contributed by atoms with Crippen molar-refractivity contribution in [1.29, 1.82) is 0 Å². The lowest BCUT2D eigenvalue weighted by Crippen LogP contribution is -2.29. The summed E-state index contributed by atoms with van der Waals surface area (Å²) in [6.45, 7) is 4.27. The van der Waals surface area contributed by atoms with E-state index in [-0.39, 0.29) is 5.91 Å². The third-order valence-corrected chi connectivity index (χ3v) is 5.19. The summed E-state index contributed by atoms with van der Waals surface area (Å²) in [5.41, 5.74) is 5.46. The molecule has 148 valence electrons. The van der Waals surface area contributed by atoms with Gasteiger partial charge in [-0.1, -0.05) is 17.7 Å². The van der Waals surface area contributed by atoms with Gasteiger partial charge < -0.3 is 15.5 Å². The lowest BCUT2D eigenvalue weighted by Gasteiger charge is -2.28. The second-order valence-corrected chi connectivity index (χ2v) is 7.50. The fourth-order valence-corrected chi connectivity index (χ4v) is 3.55. The Bertz CT molecular complexity index is 961. The number of anilines is 4. The highest BCUT2D eigenvalue weighted by Crippen LogP contribution is 2.22. The number of hydrogen-bond donors (Lipinski definition) is 2. The summed E-state index contributed by atoms with van der Waals surface area (Å²) in [7, 11) is 0. The van der Waals surface area contributed by atoms with Crippen molar-refractivity contribution < 1.29 is 4.79 Å². The van der Waals surface area contributed by atoms with Crippen molar-refractivity contribution in [3.63, 3.8) is 0 Å². The Morgan fingerprint density at radius 1 is 0.862 bits per heavy atom. The van der Waals surface area contributed by atoms with Gasteiger partial charge >= 0.3 is 0 Å². The van der Waals surface area contributed by atoms with Crippen LogP contribution in [0.15, 0.2) is 67.0 Å². The number of aromatic nitrogens is 1. The van der Waals surface area contributed by atoms with E-state index in [9.17, 15) is 4.79 Å². The molecule has 1 aliphatic rings. The molecule has 1 aromatic heterocycles. The molecule has 4 rings (SSSR count). The van der Waals surface area contributed by atoms with Crippen LogP contribution in [-0.2, 0) is 0 Å². The zero-order valence-electron chi connectivity index (χ0n) is 16.7. The Kier molecular flexibility index (Phi) is 5.75. The van der Waals surface area contributed by atoms with Gasteiger partial charge in [-0.3, -0.25) is 9.78 Å². The van der Waals surface area contributed by atoms with E-state index in [0.29, 0.717) is 5.56 Å². The SMILES string of the molecule is Cc1ccc(Nc2cncc(C(=O)Nc3ccc(N4CCCCC4)cc3)c2)cc1. The third kappa shape index (κ3) is 4.93. The fraction of sp³-hybridized carbons (Fsp3) is 0.250. The molecule has 0 saturated carbocycles. The van der Waals surface area contributed by atoms with Crippen molar-refractivity contribution in [2.24, 2.45) is 0 Å². The van der Waals surface area contributed by atoms with Crippen LogP contribution in [0.4, 0.5) is 22.7 Å². The molecule has 0 bridgehead atoms. The Balaban J connectivity index is 1.41. The van der Waals surface area contributed by atoms with Gasteiger partial charge in [0.1, 0.15) is 0 Å². The summed E-state index contributed by atoms with van der Waals surface area (Å²) in [6.07, 6.45) is 7.11. The van der Waals surface area contributed by atoms with Gasteiger partial charge in [0, 0.05) is 36.3 Å². The number of carbonyl (C=O) groups excluding carboxylic acids is 1. The van der Waals surface area contributed by atoms with E-state index in [1.54, 1.807) is 12.4 Å². The summed E-state index contributed by atoms with van der Waals surface area (Å²) < 4.78 is 0. The lowest BCUT2D eigenvalue weighted by molar-refractivity contribution is 0.102. The van der Waals surface area contributed by atoms with Gasteiger partial charge in [-0.15, -0.1) is 0 Å². The molecule has 2 heterocycles. The summed E-state index contributed by atoms with van der Waals surface area (Å²) in [6, 6.07) is 18.0. The van der Waals surface area contributed by atoms with Crippen LogP contribution in [0.3, 0.4) is 0 Å². The lowest BCUT2D eigenvalue weighted by atomic mass is 10.1. The minimum Gasteiger partial charge on any atom is -0.372 e. The molecule has 0 spiro atoms. The molecule has 3 aromatic rings. The molecule has 0 atom stereocenters. The van der Waals surface area contributed by atoms with Crippen molar-refractivity contribution in [1.82, 2.24) is 4.98 Å². The highest BCUT2D eigenvalue weighted by atomic mass is 16.1. The van der Waals surface area contributed by atoms with Gasteiger partial charge in [-0.2, -0.15) is 0 Å². The maximum atomic E-state index is 12.7. The first kappa shape index (κ1) is 19.0. The molecule has 5 nitrogen and oxygen atoms in total. The van der Waals surface area contributed by atoms with E-state index in [1.807, 2.05) is 42.5 Å². The largest absolute Gasteiger partial charge is 0.372 e. The van der Waals surface area contributed by atoms with Crippen molar-refractivity contribution in [2.45, 2.75) is 26.2 Å². The zero-order chi connectivity index (χ0) is 20.1. The Hall–Kier alpha value is -3.34. The average molecular weight is 386 g/mol. The number of rotatable bonds is 5. The van der Waals surface area contributed by atoms with Crippen molar-refractivity contribution >= 4 is 28.7 Å². The Morgan fingerprint density at radius 2 is 1.55 bits per heavy atom. The Morgan fingerprint density at radius 3 is 2.28 bits per heavy atom. The molecule has 1 amide bonds. The molecule has 2 N–H and O–H groups in total. The van der Waals surface area contributed by atoms with Crippen LogP contribution in [0.2, 0.25) is 0 Å². The van der Waals surface area contributed by atoms with E-state index in [2.05, 4.69) is 39.6 Å². The Labute approximate surface area is 171 Å². The number of piperidine rings is 1. The first-order valence-electron chi connectivity index (χ1n) is 10.1. The average Bonchev–Trinajstić information content (AvgIpc) is 2.77. The molecule has 1 saturated heterocycles. The highest BCUT2D eigenvalue weighted by Gasteiger charge is 2.12. The van der Waals surface area contributed by atoms with E-state index >= 15 is 0 Å². The number of carbonyl (C=O) groups is 1. The first-order chi connectivity index (χ1) is 14.2. The first-order valence-corrected chi connectivity index (χ1v) is 10.1. The smallest absolute Gasteiger partial charge is 0.257 e. The maximum absolute atomic E-state index is 12.7. The maximum Gasteiger partial charge on any atom is 0.257 e. The van der Waals surface area contributed by atoms with Crippen LogP contribution in [0.25, 0.3) is 0 Å². The van der Waals surface area contributed by atoms with Crippen LogP contribution >= 0.6 is 0 Å². The van der Waals surface area contributed by atoms with Gasteiger partial charge in [0.15, 0.2) is 0 Å². The topological polar surface area (TPSA) is 57.3 Å². The molecule has 1 fully saturated rings. The predicted octanol–water partition coefficient (Wildman–Crippen LogP) is 5.38. The summed E-state index contributed by atoms with van der Waals surface area (Å²) in [4.78, 5) is 19.3. The number of pyridine rings is 1. The predicted molar refractivity (Wildman–Crippen MR) is 119 cm³/mol. The standard InChI is InChI=1S/C24H26N4O/c1-18-5-7-20(8-6-18)26-22-15-19(16-25-17-22)24(29)27-21-9-11-23(12-10-21)28-13-3-2-4-14-28/h5-12,15-17,26H,2-4,13-14H2,1H3,(H,27,29). The summed E-state index contributed by atoms with van der Waals surface area (Å²) in [5, 5.41) is 6.25. The molecular formula is C24H26N4O. The quantitative estimate of drug-likeness (QED) is 0.618. The number of nitrogens with one attached hydrogen (secondary N) is 2. The van der Waals surface area contributed by atoms with E-state index < -0.39 is 0 Å². The molecule has 0 aliphatic carbocycles. The van der Waals surface area contributed by atoms with Crippen molar-refractivity contribution in [2.75, 3.05) is 28.6 Å². The zero-order valence-corrected chi connectivity index (χ0v) is 16.7. The van der Waals surface area contributed by atoms with Gasteiger partial charge in [-0.05, 0) is 68.7 Å². The number of aryl methyl sites for hydroxylation is 1. The van der Waals surface area contributed by atoms with Crippen molar-refractivity contribution in [3.05, 3.63) is 78.1 Å². The number of benzene rings is 2. The van der Waals surface area contributed by atoms with Gasteiger partial charge in [-0.25, -0.2) is 0 Å². The van der Waals surface area contributed by atoms with E-state index in [0.717, 1.165) is 30.2 Å². The van der Waals surface area contributed by atoms with Crippen LogP contribution in [0.5, 0.6) is 0 Å². The highest BCUT2D eigenvalue weighted by molar-refractivity contribution is 6.04. The molecule has 0 radical (unpaired) electrons. The monoisotopic (exact) mass is 386 g/mol. The van der Waals surface area contributed by atoms with Crippen molar-refractivity contribution in [3.8, 4) is 0 Å². The van der Waals surface area contributed by atoms with Crippen LogP contribution < -0.4 is 15.5 Å². The molecule has 2 aromatic carbocycles. The summed E-state index contributed by atoms with van der Waals surface area (Å²) in [5.74, 6) is -0.171. The second-order valence-electron chi connectivity index (χ2n) is 7.50. The second kappa shape index (κ2) is 8.78. The molecule has 5 heteroatoms. The summed E-state index contributed by atoms with van der Waals surface area (Å²) >= 11 is 0. The van der Waals surface area contributed by atoms with Crippen LogP contribution in [-0.4, -0.2) is 24.0 Å². The molecule has 29 heavy (non-hydrogen) atoms. The molecule has 1 aliphatic heterocycles. The van der Waals surface area contributed by atoms with Crippen LogP contribution in [0, 0.1) is 6.92 Å². The van der Waals surface area contributed by atoms with E-state index in [4.69, 9.17) is 0 Å². The minimum absolute atomic E-state index is 0.171.